The number of carbonyl (C=O) groups is 1. The average molecular weight is 262 g/mol. The van der Waals surface area contributed by atoms with Crippen molar-refractivity contribution in [3.63, 3.8) is 0 Å². The second-order valence-corrected chi connectivity index (χ2v) is 5.34. The van der Waals surface area contributed by atoms with E-state index < -0.39 is 0 Å². The summed E-state index contributed by atoms with van der Waals surface area (Å²) in [7, 11) is 1.56. The molecule has 19 heavy (non-hydrogen) atoms. The quantitative estimate of drug-likeness (QED) is 0.819. The lowest BCUT2D eigenvalue weighted by molar-refractivity contribution is 0.0941. The van der Waals surface area contributed by atoms with Gasteiger partial charge < -0.3 is 15.8 Å². The maximum Gasteiger partial charge on any atom is 0.255 e. The molecule has 1 saturated carbocycles. The summed E-state index contributed by atoms with van der Waals surface area (Å²) in [6.07, 6.45) is 3.74. The zero-order chi connectivity index (χ0) is 13.8. The summed E-state index contributed by atoms with van der Waals surface area (Å²) in [5.41, 5.74) is 6.80. The van der Waals surface area contributed by atoms with E-state index in [-0.39, 0.29) is 5.91 Å². The third kappa shape index (κ3) is 3.19. The topological polar surface area (TPSA) is 64.3 Å². The molecular formula is C15H22N2O2. The fraction of sp³-hybridized carbons (Fsp3) is 0.533. The number of anilines is 1. The molecule has 2 rings (SSSR count). The summed E-state index contributed by atoms with van der Waals surface area (Å²) in [5.74, 6) is 1.74. The molecule has 0 spiro atoms. The Labute approximate surface area is 114 Å². The standard InChI is InChI=1S/C15H22N2O2/c1-10-4-3-5-11(10)9-17-15(18)13-8-12(16)6-7-14(13)19-2/h6-8,10-11H,3-5,9,16H2,1-2H3,(H,17,18). The molecule has 104 valence electrons. The molecule has 0 aliphatic heterocycles. The average Bonchev–Trinajstić information content (AvgIpc) is 2.81. The molecule has 0 heterocycles. The van der Waals surface area contributed by atoms with Gasteiger partial charge in [0.25, 0.3) is 5.91 Å². The number of carbonyl (C=O) groups excluding carboxylic acids is 1. The van der Waals surface area contributed by atoms with Gasteiger partial charge in [0, 0.05) is 12.2 Å². The molecule has 4 nitrogen and oxygen atoms in total. The van der Waals surface area contributed by atoms with Crippen LogP contribution in [-0.2, 0) is 0 Å². The van der Waals surface area contributed by atoms with Crippen LogP contribution in [0.25, 0.3) is 0 Å². The van der Waals surface area contributed by atoms with Gasteiger partial charge in [-0.25, -0.2) is 0 Å². The van der Waals surface area contributed by atoms with E-state index in [0.29, 0.717) is 28.8 Å². The van der Waals surface area contributed by atoms with Gasteiger partial charge in [-0.3, -0.25) is 4.79 Å². The van der Waals surface area contributed by atoms with Crippen LogP contribution in [0.1, 0.15) is 36.5 Å². The van der Waals surface area contributed by atoms with E-state index in [2.05, 4.69) is 12.2 Å². The molecule has 0 radical (unpaired) electrons. The highest BCUT2D eigenvalue weighted by Crippen LogP contribution is 2.30. The summed E-state index contributed by atoms with van der Waals surface area (Å²) in [5, 5.41) is 3.00. The van der Waals surface area contributed by atoms with E-state index in [4.69, 9.17) is 10.5 Å². The minimum atomic E-state index is -0.108. The Kier molecular flexibility index (Phi) is 4.30. The van der Waals surface area contributed by atoms with Crippen molar-refractivity contribution < 1.29 is 9.53 Å². The number of ether oxygens (including phenoxy) is 1. The number of hydrogen-bond acceptors (Lipinski definition) is 3. The van der Waals surface area contributed by atoms with E-state index in [9.17, 15) is 4.79 Å². The van der Waals surface area contributed by atoms with Crippen LogP contribution in [0.2, 0.25) is 0 Å². The Morgan fingerprint density at radius 1 is 1.47 bits per heavy atom. The number of nitrogens with two attached hydrogens (primary N) is 1. The van der Waals surface area contributed by atoms with Gasteiger partial charge in [0.05, 0.1) is 12.7 Å². The first-order chi connectivity index (χ1) is 9.11. The SMILES string of the molecule is COc1ccc(N)cc1C(=O)NCC1CCCC1C. The van der Waals surface area contributed by atoms with Crippen LogP contribution in [0.5, 0.6) is 5.75 Å². The summed E-state index contributed by atoms with van der Waals surface area (Å²) in [6.45, 7) is 2.99. The first-order valence-electron chi connectivity index (χ1n) is 6.83. The number of amides is 1. The first-order valence-corrected chi connectivity index (χ1v) is 6.83. The smallest absolute Gasteiger partial charge is 0.255 e. The number of nitrogen functional groups attached to an aromatic ring is 1. The number of nitrogens with one attached hydrogen (secondary N) is 1. The molecule has 2 unspecified atom stereocenters. The van der Waals surface area contributed by atoms with Crippen LogP contribution in [0.15, 0.2) is 18.2 Å². The van der Waals surface area contributed by atoms with Gasteiger partial charge in [-0.1, -0.05) is 19.8 Å². The number of hydrogen-bond donors (Lipinski definition) is 2. The van der Waals surface area contributed by atoms with E-state index in [1.807, 2.05) is 0 Å². The summed E-state index contributed by atoms with van der Waals surface area (Å²) in [4.78, 5) is 12.2. The molecule has 1 aliphatic carbocycles. The number of methoxy groups -OCH3 is 1. The highest BCUT2D eigenvalue weighted by Gasteiger charge is 2.24. The van der Waals surface area contributed by atoms with Crippen molar-refractivity contribution in [3.05, 3.63) is 23.8 Å². The summed E-state index contributed by atoms with van der Waals surface area (Å²) in [6, 6.07) is 5.11. The van der Waals surface area contributed by atoms with Crippen molar-refractivity contribution in [1.29, 1.82) is 0 Å². The molecule has 2 atom stereocenters. The van der Waals surface area contributed by atoms with Gasteiger partial charge in [0.15, 0.2) is 0 Å². The zero-order valence-corrected chi connectivity index (χ0v) is 11.6. The predicted molar refractivity (Wildman–Crippen MR) is 76.2 cm³/mol. The lowest BCUT2D eigenvalue weighted by Gasteiger charge is -2.16. The second-order valence-electron chi connectivity index (χ2n) is 5.34. The highest BCUT2D eigenvalue weighted by molar-refractivity contribution is 5.97. The maximum absolute atomic E-state index is 12.2. The fourth-order valence-electron chi connectivity index (χ4n) is 2.75. The molecule has 1 aromatic rings. The van der Waals surface area contributed by atoms with Crippen LogP contribution >= 0.6 is 0 Å². The van der Waals surface area contributed by atoms with Gasteiger partial charge in [-0.15, -0.1) is 0 Å². The van der Waals surface area contributed by atoms with Crippen molar-refractivity contribution in [2.75, 3.05) is 19.4 Å². The van der Waals surface area contributed by atoms with Gasteiger partial charge in [-0.05, 0) is 36.5 Å². The van der Waals surface area contributed by atoms with Gasteiger partial charge in [0.1, 0.15) is 5.75 Å². The largest absolute Gasteiger partial charge is 0.496 e. The fourth-order valence-corrected chi connectivity index (χ4v) is 2.75. The molecule has 0 aromatic heterocycles. The Balaban J connectivity index is 2.01. The van der Waals surface area contributed by atoms with Gasteiger partial charge in [0.2, 0.25) is 0 Å². The minimum Gasteiger partial charge on any atom is -0.496 e. The first kappa shape index (κ1) is 13.7. The van der Waals surface area contributed by atoms with E-state index in [0.717, 1.165) is 6.54 Å². The molecule has 3 N–H and O–H groups in total. The lowest BCUT2D eigenvalue weighted by Crippen LogP contribution is -2.30. The zero-order valence-electron chi connectivity index (χ0n) is 11.6. The van der Waals surface area contributed by atoms with Gasteiger partial charge in [-0.2, -0.15) is 0 Å². The highest BCUT2D eigenvalue weighted by atomic mass is 16.5. The number of benzene rings is 1. The maximum atomic E-state index is 12.2. The summed E-state index contributed by atoms with van der Waals surface area (Å²) >= 11 is 0. The van der Waals surface area contributed by atoms with Crippen molar-refractivity contribution in [2.24, 2.45) is 11.8 Å². The van der Waals surface area contributed by atoms with Crippen molar-refractivity contribution in [1.82, 2.24) is 5.32 Å². The third-order valence-electron chi connectivity index (χ3n) is 4.03. The molecular weight excluding hydrogens is 240 g/mol. The third-order valence-corrected chi connectivity index (χ3v) is 4.03. The second kappa shape index (κ2) is 5.95. The minimum absolute atomic E-state index is 0.108. The molecule has 1 aromatic carbocycles. The molecule has 1 amide bonds. The Morgan fingerprint density at radius 2 is 2.26 bits per heavy atom. The van der Waals surface area contributed by atoms with Crippen LogP contribution in [0.3, 0.4) is 0 Å². The van der Waals surface area contributed by atoms with E-state index >= 15 is 0 Å². The predicted octanol–water partition coefficient (Wildman–Crippen LogP) is 2.44. The molecule has 0 bridgehead atoms. The number of rotatable bonds is 4. The van der Waals surface area contributed by atoms with Gasteiger partial charge >= 0.3 is 0 Å². The van der Waals surface area contributed by atoms with E-state index in [1.165, 1.54) is 19.3 Å². The van der Waals surface area contributed by atoms with Crippen molar-refractivity contribution >= 4 is 11.6 Å². The monoisotopic (exact) mass is 262 g/mol. The Morgan fingerprint density at radius 3 is 2.89 bits per heavy atom. The molecule has 0 saturated heterocycles. The van der Waals surface area contributed by atoms with Crippen molar-refractivity contribution in [3.8, 4) is 5.75 Å². The Bertz CT molecular complexity index is 459. The van der Waals surface area contributed by atoms with Crippen LogP contribution in [0.4, 0.5) is 5.69 Å². The Hall–Kier alpha value is -1.71. The van der Waals surface area contributed by atoms with Crippen LogP contribution in [0, 0.1) is 11.8 Å². The molecule has 1 aliphatic rings. The van der Waals surface area contributed by atoms with Crippen LogP contribution in [-0.4, -0.2) is 19.6 Å². The normalized spacial score (nSPS) is 22.2. The molecule has 1 fully saturated rings. The van der Waals surface area contributed by atoms with Crippen molar-refractivity contribution in [2.45, 2.75) is 26.2 Å². The summed E-state index contributed by atoms with van der Waals surface area (Å²) < 4.78 is 5.20. The van der Waals surface area contributed by atoms with E-state index in [1.54, 1.807) is 25.3 Å². The lowest BCUT2D eigenvalue weighted by atomic mass is 9.98. The molecule has 4 heteroatoms. The van der Waals surface area contributed by atoms with Crippen LogP contribution < -0.4 is 15.8 Å².